The molecule has 3 heterocycles. The zero-order chi connectivity index (χ0) is 28.2. The van der Waals surface area contributed by atoms with Gasteiger partial charge in [-0.15, -0.1) is 0 Å². The van der Waals surface area contributed by atoms with Crippen LogP contribution in [-0.2, 0) is 22.6 Å². The van der Waals surface area contributed by atoms with E-state index in [0.29, 0.717) is 44.4 Å². The Kier molecular flexibility index (Phi) is 8.44. The highest BCUT2D eigenvalue weighted by molar-refractivity contribution is 5.89. The van der Waals surface area contributed by atoms with Crippen LogP contribution in [0, 0.1) is 5.92 Å². The number of carbonyl (C=O) groups excluding carboxylic acids is 2. The number of rotatable bonds is 10. The van der Waals surface area contributed by atoms with Crippen molar-refractivity contribution in [3.05, 3.63) is 59.8 Å². The van der Waals surface area contributed by atoms with Crippen molar-refractivity contribution in [1.82, 2.24) is 24.5 Å². The first-order chi connectivity index (χ1) is 19.3. The molecule has 0 spiro atoms. The molecule has 1 saturated carbocycles. The van der Waals surface area contributed by atoms with Gasteiger partial charge < -0.3 is 21.3 Å². The van der Waals surface area contributed by atoms with E-state index in [9.17, 15) is 9.59 Å². The van der Waals surface area contributed by atoms with Crippen molar-refractivity contribution >= 4 is 29.2 Å². The summed E-state index contributed by atoms with van der Waals surface area (Å²) < 4.78 is 1.76. The van der Waals surface area contributed by atoms with Crippen LogP contribution < -0.4 is 16.4 Å². The predicted octanol–water partition coefficient (Wildman–Crippen LogP) is 3.69. The summed E-state index contributed by atoms with van der Waals surface area (Å²) >= 11 is 0. The highest BCUT2D eigenvalue weighted by Crippen LogP contribution is 2.25. The maximum atomic E-state index is 13.0. The number of nitrogens with zero attached hydrogens (tertiary/aromatic N) is 5. The van der Waals surface area contributed by atoms with E-state index in [1.54, 1.807) is 9.42 Å². The fourth-order valence-corrected chi connectivity index (χ4v) is 5.75. The number of nitrogens with two attached hydrogens (primary N) is 1. The molecule has 2 fully saturated rings. The van der Waals surface area contributed by atoms with Gasteiger partial charge >= 0.3 is 0 Å². The Bertz CT molecular complexity index is 1380. The first-order valence-corrected chi connectivity index (χ1v) is 14.3. The summed E-state index contributed by atoms with van der Waals surface area (Å²) in [5.41, 5.74) is 10.1. The molecule has 0 bridgehead atoms. The van der Waals surface area contributed by atoms with Crippen LogP contribution in [0.15, 0.2) is 43.1 Å². The third-order valence-electron chi connectivity index (χ3n) is 8.02. The maximum Gasteiger partial charge on any atom is 0.245 e. The van der Waals surface area contributed by atoms with Crippen molar-refractivity contribution in [2.75, 3.05) is 23.7 Å². The van der Waals surface area contributed by atoms with Gasteiger partial charge in [-0.25, -0.2) is 0 Å². The van der Waals surface area contributed by atoms with Gasteiger partial charge in [-0.1, -0.05) is 44.7 Å². The fourth-order valence-electron chi connectivity index (χ4n) is 5.75. The minimum Gasteiger partial charge on any atom is -0.351 e. The van der Waals surface area contributed by atoms with Gasteiger partial charge in [0.05, 0.1) is 6.20 Å². The van der Waals surface area contributed by atoms with E-state index in [1.807, 2.05) is 24.4 Å². The maximum absolute atomic E-state index is 13.0. The van der Waals surface area contributed by atoms with Crippen LogP contribution in [0.2, 0.25) is 0 Å². The second-order valence-corrected chi connectivity index (χ2v) is 11.4. The standard InChI is InChI=1S/C30H40N8O2/c1-4-27(40)37-12-11-22(18-37)26(39)14-20-7-5-8-21(13-20)16-32-30-36-29(34-24-10-6-9-23(31)15-24)35-28-25(19(2)3)17-33-38(28)30/h4-5,7-8,13,17,19,22-24H,1,6,9-12,14-16,18,31H2,2-3H3,(H2,32,34,35,36). The normalized spacial score (nSPS) is 21.1. The Balaban J connectivity index is 1.29. The second-order valence-electron chi connectivity index (χ2n) is 11.4. The molecule has 4 N–H and O–H groups in total. The van der Waals surface area contributed by atoms with E-state index < -0.39 is 0 Å². The van der Waals surface area contributed by atoms with E-state index >= 15 is 0 Å². The molecular formula is C30H40N8O2. The number of aromatic nitrogens is 4. The summed E-state index contributed by atoms with van der Waals surface area (Å²) in [4.78, 5) is 36.2. The molecule has 1 aliphatic carbocycles. The molecule has 10 heteroatoms. The van der Waals surface area contributed by atoms with Crippen LogP contribution >= 0.6 is 0 Å². The lowest BCUT2D eigenvalue weighted by Crippen LogP contribution is -2.35. The summed E-state index contributed by atoms with van der Waals surface area (Å²) in [6, 6.07) is 8.49. The van der Waals surface area contributed by atoms with Gasteiger partial charge in [-0.2, -0.15) is 19.6 Å². The van der Waals surface area contributed by atoms with Crippen molar-refractivity contribution in [2.24, 2.45) is 11.7 Å². The van der Waals surface area contributed by atoms with E-state index in [4.69, 9.17) is 15.7 Å². The summed E-state index contributed by atoms with van der Waals surface area (Å²) in [6.07, 6.45) is 8.34. The van der Waals surface area contributed by atoms with E-state index in [-0.39, 0.29) is 35.6 Å². The van der Waals surface area contributed by atoms with Gasteiger partial charge in [0.1, 0.15) is 5.78 Å². The number of anilines is 2. The fraction of sp³-hybridized carbons (Fsp3) is 0.500. The molecule has 212 valence electrons. The molecule has 40 heavy (non-hydrogen) atoms. The Labute approximate surface area is 235 Å². The number of ketones is 1. The van der Waals surface area contributed by atoms with E-state index in [0.717, 1.165) is 48.0 Å². The highest BCUT2D eigenvalue weighted by atomic mass is 16.2. The number of Topliss-reactive ketones (excluding diaryl/α,β-unsaturated/α-hetero) is 1. The summed E-state index contributed by atoms with van der Waals surface area (Å²) in [7, 11) is 0. The molecule has 1 saturated heterocycles. The van der Waals surface area contributed by atoms with Gasteiger partial charge in [0.2, 0.25) is 17.8 Å². The Morgan fingerprint density at radius 3 is 2.80 bits per heavy atom. The van der Waals surface area contributed by atoms with Crippen molar-refractivity contribution in [1.29, 1.82) is 0 Å². The smallest absolute Gasteiger partial charge is 0.245 e. The van der Waals surface area contributed by atoms with Crippen molar-refractivity contribution in [3.63, 3.8) is 0 Å². The van der Waals surface area contributed by atoms with Gasteiger partial charge in [0.15, 0.2) is 5.65 Å². The molecule has 1 amide bonds. The first-order valence-electron chi connectivity index (χ1n) is 14.3. The summed E-state index contributed by atoms with van der Waals surface area (Å²) in [6.45, 7) is 9.41. The average molecular weight is 545 g/mol. The Morgan fingerprint density at radius 2 is 2.02 bits per heavy atom. The number of amides is 1. The number of benzene rings is 1. The van der Waals surface area contributed by atoms with Crippen molar-refractivity contribution < 1.29 is 9.59 Å². The minimum atomic E-state index is -0.125. The van der Waals surface area contributed by atoms with Crippen LogP contribution in [0.5, 0.6) is 0 Å². The number of fused-ring (bicyclic) bond motifs is 1. The molecule has 3 aromatic rings. The van der Waals surface area contributed by atoms with Gasteiger partial charge in [-0.05, 0) is 55.2 Å². The van der Waals surface area contributed by atoms with Crippen LogP contribution in [0.3, 0.4) is 0 Å². The number of carbonyl (C=O) groups is 2. The van der Waals surface area contributed by atoms with Crippen LogP contribution in [0.4, 0.5) is 11.9 Å². The summed E-state index contributed by atoms with van der Waals surface area (Å²) in [5, 5.41) is 11.5. The molecule has 2 aliphatic rings. The second kappa shape index (κ2) is 12.2. The van der Waals surface area contributed by atoms with Crippen LogP contribution in [0.25, 0.3) is 5.65 Å². The molecule has 1 aliphatic heterocycles. The van der Waals surface area contributed by atoms with E-state index in [2.05, 4.69) is 42.2 Å². The number of nitrogens with one attached hydrogen (secondary N) is 2. The molecule has 3 atom stereocenters. The lowest BCUT2D eigenvalue weighted by molar-refractivity contribution is -0.125. The van der Waals surface area contributed by atoms with E-state index in [1.165, 1.54) is 6.08 Å². The van der Waals surface area contributed by atoms with Gasteiger partial charge in [0.25, 0.3) is 0 Å². The topological polar surface area (TPSA) is 131 Å². The first kappa shape index (κ1) is 27.8. The molecule has 10 nitrogen and oxygen atoms in total. The quantitative estimate of drug-likeness (QED) is 0.330. The predicted molar refractivity (Wildman–Crippen MR) is 156 cm³/mol. The van der Waals surface area contributed by atoms with Gasteiger partial charge in [-0.3, -0.25) is 9.59 Å². The Morgan fingerprint density at radius 1 is 1.20 bits per heavy atom. The molecule has 2 aromatic heterocycles. The monoisotopic (exact) mass is 544 g/mol. The third kappa shape index (κ3) is 6.33. The zero-order valence-electron chi connectivity index (χ0n) is 23.5. The number of hydrogen-bond donors (Lipinski definition) is 3. The molecule has 5 rings (SSSR count). The number of likely N-dealkylation sites (tertiary alicyclic amines) is 1. The summed E-state index contributed by atoms with van der Waals surface area (Å²) in [5.74, 6) is 1.39. The van der Waals surface area contributed by atoms with Gasteiger partial charge in [0, 0.05) is 49.6 Å². The minimum absolute atomic E-state index is 0.111. The van der Waals surface area contributed by atoms with Crippen LogP contribution in [0.1, 0.15) is 68.6 Å². The molecule has 1 aromatic carbocycles. The lowest BCUT2D eigenvalue weighted by atomic mass is 9.92. The van der Waals surface area contributed by atoms with Crippen molar-refractivity contribution in [2.45, 2.75) is 76.9 Å². The molecular weight excluding hydrogens is 504 g/mol. The van der Waals surface area contributed by atoms with Crippen molar-refractivity contribution in [3.8, 4) is 0 Å². The SMILES string of the molecule is C=CC(=O)N1CCC(C(=O)Cc2cccc(CNc3nc(NC4CCCC(N)C4)nc4c(C(C)C)cnn34)c2)C1. The Hall–Kier alpha value is -3.79. The zero-order valence-corrected chi connectivity index (χ0v) is 23.5. The third-order valence-corrected chi connectivity index (χ3v) is 8.02. The lowest BCUT2D eigenvalue weighted by Gasteiger charge is -2.27. The largest absolute Gasteiger partial charge is 0.351 e. The number of hydrogen-bond acceptors (Lipinski definition) is 8. The molecule has 0 radical (unpaired) electrons. The highest BCUT2D eigenvalue weighted by Gasteiger charge is 2.30. The van der Waals surface area contributed by atoms with Crippen LogP contribution in [-0.4, -0.2) is 61.3 Å². The average Bonchev–Trinajstić information content (AvgIpc) is 3.60. The molecule has 3 unspecified atom stereocenters.